The summed E-state index contributed by atoms with van der Waals surface area (Å²) >= 11 is 0. The zero-order chi connectivity index (χ0) is 15.6. The van der Waals surface area contributed by atoms with Crippen LogP contribution >= 0.6 is 0 Å². The van der Waals surface area contributed by atoms with Gasteiger partial charge in [-0.2, -0.15) is 0 Å². The summed E-state index contributed by atoms with van der Waals surface area (Å²) in [5.41, 5.74) is -0.126. The number of imide groups is 2. The highest BCUT2D eigenvalue weighted by atomic mass is 19.1. The maximum Gasteiger partial charge on any atom is 0.328 e. The van der Waals surface area contributed by atoms with Crippen LogP contribution in [0, 0.1) is 21.8 Å². The van der Waals surface area contributed by atoms with Gasteiger partial charge in [-0.3, -0.25) is 30.3 Å². The molecule has 1 aromatic rings. The molecule has 110 valence electrons. The number of amides is 4. The minimum Gasteiger partial charge on any atom is -0.277 e. The number of barbiturate groups is 1. The molecule has 0 saturated carbocycles. The van der Waals surface area contributed by atoms with E-state index in [4.69, 9.17) is 0 Å². The van der Waals surface area contributed by atoms with Crippen LogP contribution in [0.1, 0.15) is 11.5 Å². The van der Waals surface area contributed by atoms with Gasteiger partial charge in [-0.25, -0.2) is 9.18 Å². The minimum atomic E-state index is -1.55. The van der Waals surface area contributed by atoms with E-state index in [0.29, 0.717) is 0 Å². The van der Waals surface area contributed by atoms with Crippen LogP contribution < -0.4 is 10.6 Å². The molecular weight excluding hydrogens is 285 g/mol. The van der Waals surface area contributed by atoms with Crippen molar-refractivity contribution in [2.24, 2.45) is 5.92 Å². The van der Waals surface area contributed by atoms with Gasteiger partial charge in [0.05, 0.1) is 5.92 Å². The number of hydrogen-bond acceptors (Lipinski definition) is 5. The second-order valence-corrected chi connectivity index (χ2v) is 4.43. The predicted octanol–water partition coefficient (Wildman–Crippen LogP) is 0.168. The predicted molar refractivity (Wildman–Crippen MR) is 66.2 cm³/mol. The van der Waals surface area contributed by atoms with Crippen molar-refractivity contribution in [2.45, 2.75) is 5.92 Å². The van der Waals surface area contributed by atoms with Crippen molar-refractivity contribution in [3.63, 3.8) is 0 Å². The Morgan fingerprint density at radius 2 is 1.76 bits per heavy atom. The fourth-order valence-electron chi connectivity index (χ4n) is 2.21. The normalized spacial score (nSPS) is 17.1. The maximum atomic E-state index is 13.8. The first-order valence-electron chi connectivity index (χ1n) is 5.92. The molecule has 2 rings (SSSR count). The highest BCUT2D eigenvalue weighted by Gasteiger charge is 2.43. The average molecular weight is 295 g/mol. The van der Waals surface area contributed by atoms with Gasteiger partial charge in [0.15, 0.2) is 0 Å². The van der Waals surface area contributed by atoms with Gasteiger partial charge in [-0.15, -0.1) is 0 Å². The number of hydrogen-bond donors (Lipinski definition) is 2. The van der Waals surface area contributed by atoms with Crippen LogP contribution in [0.3, 0.4) is 0 Å². The number of rotatable bonds is 4. The van der Waals surface area contributed by atoms with E-state index in [-0.39, 0.29) is 5.56 Å². The lowest BCUT2D eigenvalue weighted by Gasteiger charge is -2.26. The number of nitrogens with one attached hydrogen (secondary N) is 2. The number of carbonyl (C=O) groups excluding carboxylic acids is 3. The van der Waals surface area contributed by atoms with Crippen molar-refractivity contribution in [1.82, 2.24) is 10.6 Å². The number of urea groups is 1. The van der Waals surface area contributed by atoms with Crippen LogP contribution in [0.25, 0.3) is 0 Å². The first-order chi connectivity index (χ1) is 9.90. The maximum absolute atomic E-state index is 13.8. The van der Waals surface area contributed by atoms with Crippen LogP contribution in [0.4, 0.5) is 9.18 Å². The third kappa shape index (κ3) is 3.02. The molecule has 0 spiro atoms. The standard InChI is InChI=1S/C12H10FN3O5/c13-8-4-2-1-3-6(8)7(5-16(20)21)9-10(17)14-12(19)15-11(9)18/h1-4,7,9H,5H2,(H2,14,15,17,18,19). The van der Waals surface area contributed by atoms with Gasteiger partial charge in [0.2, 0.25) is 18.4 Å². The van der Waals surface area contributed by atoms with Crippen molar-refractivity contribution in [2.75, 3.05) is 6.54 Å². The molecule has 1 atom stereocenters. The molecule has 8 nitrogen and oxygen atoms in total. The van der Waals surface area contributed by atoms with Crippen molar-refractivity contribution >= 4 is 17.8 Å². The highest BCUT2D eigenvalue weighted by Crippen LogP contribution is 2.29. The van der Waals surface area contributed by atoms with E-state index >= 15 is 0 Å². The lowest BCUT2D eigenvalue weighted by atomic mass is 9.83. The Bertz CT molecular complexity index is 613. The molecule has 1 heterocycles. The Morgan fingerprint density at radius 1 is 1.19 bits per heavy atom. The van der Waals surface area contributed by atoms with E-state index in [1.54, 1.807) is 0 Å². The van der Waals surface area contributed by atoms with Crippen LogP contribution in [0.2, 0.25) is 0 Å². The molecule has 4 amide bonds. The Labute approximate surface area is 117 Å². The van der Waals surface area contributed by atoms with Crippen LogP contribution in [0.5, 0.6) is 0 Å². The molecule has 0 aromatic heterocycles. The lowest BCUT2D eigenvalue weighted by molar-refractivity contribution is -0.484. The van der Waals surface area contributed by atoms with Gasteiger partial charge >= 0.3 is 6.03 Å². The Balaban J connectivity index is 2.43. The molecule has 0 radical (unpaired) electrons. The summed E-state index contributed by atoms with van der Waals surface area (Å²) in [7, 11) is 0. The molecule has 1 aliphatic heterocycles. The molecule has 1 aromatic carbocycles. The zero-order valence-electron chi connectivity index (χ0n) is 10.5. The fourth-order valence-corrected chi connectivity index (χ4v) is 2.21. The summed E-state index contributed by atoms with van der Waals surface area (Å²) in [4.78, 5) is 44.6. The van der Waals surface area contributed by atoms with Gasteiger partial charge in [0.1, 0.15) is 11.7 Å². The SMILES string of the molecule is O=C1NC(=O)C(C(C[N+](=O)[O-])c2ccccc2F)C(=O)N1. The molecule has 1 aliphatic rings. The molecule has 0 bridgehead atoms. The van der Waals surface area contributed by atoms with E-state index in [2.05, 4.69) is 0 Å². The quantitative estimate of drug-likeness (QED) is 0.466. The molecule has 1 unspecified atom stereocenters. The first-order valence-corrected chi connectivity index (χ1v) is 5.92. The average Bonchev–Trinajstić information content (AvgIpc) is 2.36. The number of nitro groups is 1. The Hall–Kier alpha value is -2.84. The Morgan fingerprint density at radius 3 is 2.29 bits per heavy atom. The zero-order valence-corrected chi connectivity index (χ0v) is 10.5. The highest BCUT2D eigenvalue weighted by molar-refractivity contribution is 6.16. The first kappa shape index (κ1) is 14.6. The van der Waals surface area contributed by atoms with E-state index in [1.807, 2.05) is 10.6 Å². The topological polar surface area (TPSA) is 118 Å². The second kappa shape index (κ2) is 5.65. The monoisotopic (exact) mass is 295 g/mol. The molecule has 0 aliphatic carbocycles. The van der Waals surface area contributed by atoms with Crippen LogP contribution in [-0.2, 0) is 9.59 Å². The van der Waals surface area contributed by atoms with Crippen molar-refractivity contribution in [1.29, 1.82) is 0 Å². The molecule has 1 fully saturated rings. The van der Waals surface area contributed by atoms with Crippen LogP contribution in [-0.4, -0.2) is 29.3 Å². The minimum absolute atomic E-state index is 0.126. The number of nitrogens with zero attached hydrogens (tertiary/aromatic N) is 1. The molecule has 9 heteroatoms. The number of halogens is 1. The lowest BCUT2D eigenvalue weighted by Crippen LogP contribution is -2.57. The molecular formula is C12H10FN3O5. The van der Waals surface area contributed by atoms with Gasteiger partial charge in [0.25, 0.3) is 0 Å². The van der Waals surface area contributed by atoms with E-state index in [0.717, 1.165) is 6.07 Å². The smallest absolute Gasteiger partial charge is 0.277 e. The summed E-state index contributed by atoms with van der Waals surface area (Å²) in [5, 5.41) is 14.5. The van der Waals surface area contributed by atoms with Gasteiger partial charge in [0, 0.05) is 4.92 Å². The largest absolute Gasteiger partial charge is 0.328 e. The van der Waals surface area contributed by atoms with E-state index in [9.17, 15) is 28.9 Å². The third-order valence-corrected chi connectivity index (χ3v) is 3.09. The van der Waals surface area contributed by atoms with Gasteiger partial charge in [-0.1, -0.05) is 18.2 Å². The third-order valence-electron chi connectivity index (χ3n) is 3.09. The molecule has 2 N–H and O–H groups in total. The summed E-state index contributed by atoms with van der Waals surface area (Å²) in [6.45, 7) is -0.819. The van der Waals surface area contributed by atoms with Crippen molar-refractivity contribution in [3.8, 4) is 0 Å². The number of benzene rings is 1. The van der Waals surface area contributed by atoms with Crippen LogP contribution in [0.15, 0.2) is 24.3 Å². The number of carbonyl (C=O) groups is 3. The van der Waals surface area contributed by atoms with E-state index in [1.165, 1.54) is 18.2 Å². The summed E-state index contributed by atoms with van der Waals surface area (Å²) in [5.74, 6) is -5.60. The summed E-state index contributed by atoms with van der Waals surface area (Å²) in [6, 6.07) is 4.16. The molecule has 21 heavy (non-hydrogen) atoms. The second-order valence-electron chi connectivity index (χ2n) is 4.43. The summed E-state index contributed by atoms with van der Waals surface area (Å²) in [6.07, 6.45) is 0. The summed E-state index contributed by atoms with van der Waals surface area (Å²) < 4.78 is 13.8. The molecule has 1 saturated heterocycles. The fraction of sp³-hybridized carbons (Fsp3) is 0.250. The van der Waals surface area contributed by atoms with Crippen molar-refractivity contribution in [3.05, 3.63) is 45.8 Å². The van der Waals surface area contributed by atoms with E-state index < -0.39 is 47.0 Å². The van der Waals surface area contributed by atoms with Gasteiger partial charge in [-0.05, 0) is 11.6 Å². The van der Waals surface area contributed by atoms with Crippen molar-refractivity contribution < 1.29 is 23.7 Å². The van der Waals surface area contributed by atoms with Gasteiger partial charge < -0.3 is 0 Å². The Kier molecular flexibility index (Phi) is 3.92.